The Morgan fingerprint density at radius 3 is 2.41 bits per heavy atom. The highest BCUT2D eigenvalue weighted by atomic mass is 32.2. The predicted octanol–water partition coefficient (Wildman–Crippen LogP) is 4.62. The van der Waals surface area contributed by atoms with E-state index < -0.39 is 27.4 Å². The summed E-state index contributed by atoms with van der Waals surface area (Å²) < 4.78 is 66.7. The number of pyridine rings is 1. The van der Waals surface area contributed by atoms with Gasteiger partial charge in [0.1, 0.15) is 5.82 Å². The van der Waals surface area contributed by atoms with Crippen LogP contribution < -0.4 is 10.2 Å². The molecule has 7 nitrogen and oxygen atoms in total. The molecule has 1 spiro atoms. The van der Waals surface area contributed by atoms with Gasteiger partial charge in [0.05, 0.1) is 39.8 Å². The Balaban J connectivity index is 1.74. The number of benzene rings is 1. The molecule has 1 unspecified atom stereocenters. The monoisotopic (exact) mass is 496 g/mol. The summed E-state index contributed by atoms with van der Waals surface area (Å²) >= 11 is 0. The van der Waals surface area contributed by atoms with Crippen LogP contribution >= 0.6 is 0 Å². The zero-order chi connectivity index (χ0) is 24.9. The van der Waals surface area contributed by atoms with Crippen LogP contribution in [0.5, 0.6) is 0 Å². The Morgan fingerprint density at radius 1 is 1.24 bits per heavy atom. The van der Waals surface area contributed by atoms with Crippen molar-refractivity contribution in [3.63, 3.8) is 0 Å². The minimum absolute atomic E-state index is 0.110. The van der Waals surface area contributed by atoms with Crippen LogP contribution in [0.25, 0.3) is 0 Å². The lowest BCUT2D eigenvalue weighted by atomic mass is 9.77. The van der Waals surface area contributed by atoms with E-state index in [1.807, 2.05) is 4.90 Å². The largest absolute Gasteiger partial charge is 0.418 e. The van der Waals surface area contributed by atoms with Crippen molar-refractivity contribution in [2.45, 2.75) is 37.8 Å². The lowest BCUT2D eigenvalue weighted by molar-refractivity contribution is -0.138. The third-order valence-electron chi connectivity index (χ3n) is 6.60. The molecule has 1 aromatic heterocycles. The van der Waals surface area contributed by atoms with Crippen LogP contribution in [0, 0.1) is 24.0 Å². The van der Waals surface area contributed by atoms with Gasteiger partial charge in [0, 0.05) is 35.3 Å². The lowest BCUT2D eigenvalue weighted by Gasteiger charge is -2.47. The number of nitrogens with one attached hydrogen (secondary N) is 2. The van der Waals surface area contributed by atoms with Crippen LogP contribution in [-0.4, -0.2) is 47.7 Å². The van der Waals surface area contributed by atoms with E-state index in [-0.39, 0.29) is 38.6 Å². The summed E-state index contributed by atoms with van der Waals surface area (Å²) in [4.78, 5) is 19.7. The third-order valence-corrected chi connectivity index (χ3v) is 7.75. The Kier molecular flexibility index (Phi) is 6.14. The first-order valence-electron chi connectivity index (χ1n) is 10.9. The summed E-state index contributed by atoms with van der Waals surface area (Å²) in [7, 11) is -3.03. The maximum atomic E-state index is 13.8. The van der Waals surface area contributed by atoms with E-state index in [0.717, 1.165) is 12.8 Å². The van der Waals surface area contributed by atoms with Crippen molar-refractivity contribution >= 4 is 27.1 Å². The lowest BCUT2D eigenvalue weighted by Crippen LogP contribution is -2.51. The molecule has 3 heterocycles. The molecule has 2 aromatic rings. The SMILES string of the molecule is Cc1nc(N2CCC3(CC2)COC3)c(C(=O)Nc2cccc(S(C)(=N)=O)c2)c(C)c1C(F)(F)F. The molecule has 0 radical (unpaired) electrons. The molecule has 0 bridgehead atoms. The van der Waals surface area contributed by atoms with Crippen molar-refractivity contribution in [3.05, 3.63) is 46.6 Å². The number of carbonyl (C=O) groups excluding carboxylic acids is 1. The minimum atomic E-state index is -4.66. The van der Waals surface area contributed by atoms with Gasteiger partial charge >= 0.3 is 6.18 Å². The van der Waals surface area contributed by atoms with E-state index >= 15 is 0 Å². The summed E-state index contributed by atoms with van der Waals surface area (Å²) in [5.74, 6) is -0.506. The average molecular weight is 497 g/mol. The summed E-state index contributed by atoms with van der Waals surface area (Å²) in [6, 6.07) is 5.98. The van der Waals surface area contributed by atoms with Crippen LogP contribution in [0.2, 0.25) is 0 Å². The highest BCUT2D eigenvalue weighted by molar-refractivity contribution is 7.91. The van der Waals surface area contributed by atoms with Crippen LogP contribution in [0.3, 0.4) is 0 Å². The van der Waals surface area contributed by atoms with E-state index in [9.17, 15) is 22.2 Å². The van der Waals surface area contributed by atoms with Gasteiger partial charge < -0.3 is 15.0 Å². The van der Waals surface area contributed by atoms with Gasteiger partial charge in [-0.2, -0.15) is 13.2 Å². The molecule has 2 saturated heterocycles. The number of aryl methyl sites for hydroxylation is 1. The van der Waals surface area contributed by atoms with Crippen molar-refractivity contribution in [3.8, 4) is 0 Å². The van der Waals surface area contributed by atoms with E-state index in [2.05, 4.69) is 10.3 Å². The summed E-state index contributed by atoms with van der Waals surface area (Å²) in [6.45, 7) is 5.08. The average Bonchev–Trinajstić information content (AvgIpc) is 2.70. The Hall–Kier alpha value is -2.66. The van der Waals surface area contributed by atoms with Gasteiger partial charge in [-0.15, -0.1) is 0 Å². The van der Waals surface area contributed by atoms with Gasteiger partial charge in [-0.05, 0) is 50.5 Å². The maximum Gasteiger partial charge on any atom is 0.418 e. The van der Waals surface area contributed by atoms with Crippen molar-refractivity contribution in [1.82, 2.24) is 4.98 Å². The molecule has 2 fully saturated rings. The molecule has 0 saturated carbocycles. The number of alkyl halides is 3. The molecule has 4 rings (SSSR count). The van der Waals surface area contributed by atoms with Gasteiger partial charge in [0.2, 0.25) is 0 Å². The maximum absolute atomic E-state index is 13.8. The first-order chi connectivity index (χ1) is 15.8. The van der Waals surface area contributed by atoms with E-state index in [0.29, 0.717) is 26.3 Å². The highest BCUT2D eigenvalue weighted by Crippen LogP contribution is 2.42. The number of hydrogen-bond donors (Lipinski definition) is 2. The summed E-state index contributed by atoms with van der Waals surface area (Å²) in [6.07, 6.45) is -1.79. The van der Waals surface area contributed by atoms with Gasteiger partial charge in [-0.1, -0.05) is 6.07 Å². The second-order valence-electron chi connectivity index (χ2n) is 9.20. The first kappa shape index (κ1) is 24.5. The molecule has 184 valence electrons. The Bertz CT molecular complexity index is 1230. The number of rotatable bonds is 4. The van der Waals surface area contributed by atoms with Crippen LogP contribution in [0.4, 0.5) is 24.7 Å². The molecule has 0 aliphatic carbocycles. The molecule has 1 aromatic carbocycles. The fourth-order valence-electron chi connectivity index (χ4n) is 4.64. The molecule has 11 heteroatoms. The number of anilines is 2. The number of carbonyl (C=O) groups is 1. The Labute approximate surface area is 196 Å². The van der Waals surface area contributed by atoms with Crippen LogP contribution in [0.15, 0.2) is 29.2 Å². The van der Waals surface area contributed by atoms with Crippen LogP contribution in [-0.2, 0) is 20.6 Å². The predicted molar refractivity (Wildman–Crippen MR) is 123 cm³/mol. The number of nitrogens with zero attached hydrogens (tertiary/aromatic N) is 2. The number of amides is 1. The fraction of sp³-hybridized carbons (Fsp3) is 0.478. The molecule has 2 aliphatic rings. The molecule has 34 heavy (non-hydrogen) atoms. The number of halogens is 3. The molecular formula is C23H27F3N4O3S. The van der Waals surface area contributed by atoms with Gasteiger partial charge in [0.15, 0.2) is 0 Å². The van der Waals surface area contributed by atoms with E-state index in [4.69, 9.17) is 9.52 Å². The topological polar surface area (TPSA) is 95.4 Å². The molecule has 1 amide bonds. The van der Waals surface area contributed by atoms with E-state index in [1.54, 1.807) is 0 Å². The second kappa shape index (κ2) is 8.53. The quantitative estimate of drug-likeness (QED) is 0.644. The third kappa shape index (κ3) is 4.63. The molecular weight excluding hydrogens is 469 g/mol. The number of piperidine rings is 1. The second-order valence-corrected chi connectivity index (χ2v) is 11.4. The fourth-order valence-corrected chi connectivity index (χ4v) is 5.33. The normalized spacial score (nSPS) is 19.4. The van der Waals surface area contributed by atoms with E-state index in [1.165, 1.54) is 44.4 Å². The smallest absolute Gasteiger partial charge is 0.380 e. The molecule has 2 N–H and O–H groups in total. The standard InChI is InChI=1S/C23H27F3N4O3S/c1-14-18(21(31)29-16-5-4-6-17(11-16)34(3,27)32)20(28-15(2)19(14)23(24,25)26)30-9-7-22(8-10-30)12-33-13-22/h4-6,11,27H,7-10,12-13H2,1-3H3,(H,29,31). The molecule has 1 atom stereocenters. The summed E-state index contributed by atoms with van der Waals surface area (Å²) in [5, 5.41) is 2.63. The van der Waals surface area contributed by atoms with Gasteiger partial charge in [-0.3, -0.25) is 4.79 Å². The Morgan fingerprint density at radius 2 is 1.88 bits per heavy atom. The van der Waals surface area contributed by atoms with Gasteiger partial charge in [0.25, 0.3) is 5.91 Å². The zero-order valence-corrected chi connectivity index (χ0v) is 20.0. The van der Waals surface area contributed by atoms with Crippen LogP contribution in [0.1, 0.15) is 40.0 Å². The number of ether oxygens (including phenoxy) is 1. The zero-order valence-electron chi connectivity index (χ0n) is 19.2. The number of hydrogen-bond acceptors (Lipinski definition) is 6. The minimum Gasteiger partial charge on any atom is -0.380 e. The van der Waals surface area contributed by atoms with Crippen molar-refractivity contribution in [2.75, 3.05) is 42.8 Å². The number of aromatic nitrogens is 1. The van der Waals surface area contributed by atoms with Crippen molar-refractivity contribution < 1.29 is 26.9 Å². The van der Waals surface area contributed by atoms with Gasteiger partial charge in [-0.25, -0.2) is 14.0 Å². The van der Waals surface area contributed by atoms with Crippen molar-refractivity contribution in [2.24, 2.45) is 5.41 Å². The summed E-state index contributed by atoms with van der Waals surface area (Å²) in [5.41, 5.74) is -1.06. The molecule has 2 aliphatic heterocycles. The van der Waals surface area contributed by atoms with Crippen molar-refractivity contribution in [1.29, 1.82) is 4.78 Å². The first-order valence-corrected chi connectivity index (χ1v) is 12.8. The highest BCUT2D eigenvalue weighted by Gasteiger charge is 2.43.